The van der Waals surface area contributed by atoms with Gasteiger partial charge in [-0.05, 0) is 30.7 Å². The van der Waals surface area contributed by atoms with Crippen LogP contribution in [0, 0.1) is 6.92 Å². The van der Waals surface area contributed by atoms with E-state index in [0.717, 1.165) is 22.5 Å². The fourth-order valence-electron chi connectivity index (χ4n) is 3.52. The van der Waals surface area contributed by atoms with Crippen LogP contribution in [0.1, 0.15) is 22.9 Å². The molecule has 0 radical (unpaired) electrons. The summed E-state index contributed by atoms with van der Waals surface area (Å²) in [6.07, 6.45) is -0.0535. The SMILES string of the molecule is Cc1ccc([C@@H]2Cn3nnc(-c4noc(-c5cccc(N(C)C)c5)n4)c3CO2)cc1. The van der Waals surface area contributed by atoms with Gasteiger partial charge in [-0.25, -0.2) is 4.68 Å². The van der Waals surface area contributed by atoms with E-state index in [1.807, 2.05) is 47.9 Å². The van der Waals surface area contributed by atoms with Crippen molar-refractivity contribution in [2.75, 3.05) is 19.0 Å². The summed E-state index contributed by atoms with van der Waals surface area (Å²) >= 11 is 0. The van der Waals surface area contributed by atoms with Crippen molar-refractivity contribution >= 4 is 5.69 Å². The number of fused-ring (bicyclic) bond motifs is 1. The number of aromatic nitrogens is 5. The molecule has 0 aliphatic carbocycles. The van der Waals surface area contributed by atoms with Crippen molar-refractivity contribution in [3.8, 4) is 23.0 Å². The third-order valence-corrected chi connectivity index (χ3v) is 5.29. The molecule has 0 fully saturated rings. The first-order valence-electron chi connectivity index (χ1n) is 9.81. The highest BCUT2D eigenvalue weighted by atomic mass is 16.5. The minimum atomic E-state index is -0.0535. The normalized spacial score (nSPS) is 15.8. The highest BCUT2D eigenvalue weighted by Crippen LogP contribution is 2.31. The highest BCUT2D eigenvalue weighted by Gasteiger charge is 2.27. The Morgan fingerprint density at radius 2 is 1.93 bits per heavy atom. The van der Waals surface area contributed by atoms with Crippen LogP contribution in [0.3, 0.4) is 0 Å². The molecule has 8 heteroatoms. The lowest BCUT2D eigenvalue weighted by Crippen LogP contribution is -2.22. The van der Waals surface area contributed by atoms with Crippen molar-refractivity contribution in [3.63, 3.8) is 0 Å². The summed E-state index contributed by atoms with van der Waals surface area (Å²) in [5.74, 6) is 0.864. The molecule has 0 amide bonds. The Morgan fingerprint density at radius 1 is 1.10 bits per heavy atom. The molecule has 4 aromatic rings. The molecular formula is C22H22N6O2. The fraction of sp³-hybridized carbons (Fsp3) is 0.273. The molecule has 152 valence electrons. The predicted molar refractivity (Wildman–Crippen MR) is 112 cm³/mol. The quantitative estimate of drug-likeness (QED) is 0.515. The van der Waals surface area contributed by atoms with Gasteiger partial charge in [0, 0.05) is 25.3 Å². The minimum absolute atomic E-state index is 0.0535. The molecule has 0 unspecified atom stereocenters. The van der Waals surface area contributed by atoms with Gasteiger partial charge in [-0.2, -0.15) is 4.98 Å². The Hall–Kier alpha value is -3.52. The maximum absolute atomic E-state index is 6.09. The molecular weight excluding hydrogens is 380 g/mol. The summed E-state index contributed by atoms with van der Waals surface area (Å²) in [5.41, 5.74) is 5.72. The zero-order valence-electron chi connectivity index (χ0n) is 17.1. The third kappa shape index (κ3) is 3.35. The van der Waals surface area contributed by atoms with Gasteiger partial charge in [0.1, 0.15) is 6.10 Å². The average Bonchev–Trinajstić information content (AvgIpc) is 3.41. The summed E-state index contributed by atoms with van der Waals surface area (Å²) < 4.78 is 13.5. The van der Waals surface area contributed by atoms with Crippen LogP contribution < -0.4 is 4.90 Å². The fourth-order valence-corrected chi connectivity index (χ4v) is 3.52. The number of hydrogen-bond donors (Lipinski definition) is 0. The number of ether oxygens (including phenoxy) is 1. The summed E-state index contributed by atoms with van der Waals surface area (Å²) in [6, 6.07) is 16.3. The monoisotopic (exact) mass is 402 g/mol. The molecule has 1 aliphatic rings. The Labute approximate surface area is 174 Å². The van der Waals surface area contributed by atoms with Gasteiger partial charge in [0.15, 0.2) is 5.69 Å². The summed E-state index contributed by atoms with van der Waals surface area (Å²) in [6.45, 7) is 3.06. The summed E-state index contributed by atoms with van der Waals surface area (Å²) in [5, 5.41) is 12.7. The van der Waals surface area contributed by atoms with E-state index in [1.165, 1.54) is 5.56 Å². The van der Waals surface area contributed by atoms with Gasteiger partial charge < -0.3 is 14.2 Å². The number of hydrogen-bond acceptors (Lipinski definition) is 7. The molecule has 0 saturated heterocycles. The van der Waals surface area contributed by atoms with Crippen molar-refractivity contribution in [3.05, 3.63) is 65.4 Å². The maximum Gasteiger partial charge on any atom is 0.258 e. The molecule has 1 atom stereocenters. The first kappa shape index (κ1) is 18.5. The molecule has 0 bridgehead atoms. The van der Waals surface area contributed by atoms with Crippen molar-refractivity contribution in [2.45, 2.75) is 26.2 Å². The smallest absolute Gasteiger partial charge is 0.258 e. The van der Waals surface area contributed by atoms with Crippen LogP contribution in [0.5, 0.6) is 0 Å². The Bertz CT molecular complexity index is 1180. The summed E-state index contributed by atoms with van der Waals surface area (Å²) in [7, 11) is 3.98. The molecule has 1 aliphatic heterocycles. The van der Waals surface area contributed by atoms with Crippen LogP contribution in [0.15, 0.2) is 53.1 Å². The van der Waals surface area contributed by atoms with Crippen molar-refractivity contribution < 1.29 is 9.26 Å². The van der Waals surface area contributed by atoms with Crippen LogP contribution >= 0.6 is 0 Å². The van der Waals surface area contributed by atoms with E-state index >= 15 is 0 Å². The van der Waals surface area contributed by atoms with Gasteiger partial charge in [-0.15, -0.1) is 5.10 Å². The lowest BCUT2D eigenvalue weighted by Gasteiger charge is -2.24. The van der Waals surface area contributed by atoms with E-state index in [1.54, 1.807) is 0 Å². The molecule has 3 heterocycles. The van der Waals surface area contributed by atoms with E-state index in [-0.39, 0.29) is 6.10 Å². The zero-order valence-corrected chi connectivity index (χ0v) is 17.1. The molecule has 2 aromatic heterocycles. The highest BCUT2D eigenvalue weighted by molar-refractivity contribution is 5.63. The second-order valence-corrected chi connectivity index (χ2v) is 7.65. The number of benzene rings is 2. The average molecular weight is 402 g/mol. The van der Waals surface area contributed by atoms with Crippen LogP contribution in [-0.4, -0.2) is 39.2 Å². The van der Waals surface area contributed by atoms with Crippen molar-refractivity contribution in [2.24, 2.45) is 0 Å². The molecule has 0 saturated carbocycles. The second kappa shape index (κ2) is 7.38. The molecule has 0 spiro atoms. The zero-order chi connectivity index (χ0) is 20.7. The minimum Gasteiger partial charge on any atom is -0.378 e. The first-order chi connectivity index (χ1) is 14.6. The van der Waals surface area contributed by atoms with E-state index < -0.39 is 0 Å². The lowest BCUT2D eigenvalue weighted by atomic mass is 10.1. The molecule has 30 heavy (non-hydrogen) atoms. The van der Waals surface area contributed by atoms with Crippen molar-refractivity contribution in [1.82, 2.24) is 25.1 Å². The Kier molecular flexibility index (Phi) is 4.55. The van der Waals surface area contributed by atoms with Crippen LogP contribution in [-0.2, 0) is 17.9 Å². The van der Waals surface area contributed by atoms with E-state index in [0.29, 0.717) is 30.6 Å². The van der Waals surface area contributed by atoms with Crippen LogP contribution in [0.25, 0.3) is 23.0 Å². The maximum atomic E-state index is 6.09. The van der Waals surface area contributed by atoms with Crippen LogP contribution in [0.4, 0.5) is 5.69 Å². The van der Waals surface area contributed by atoms with Crippen molar-refractivity contribution in [1.29, 1.82) is 0 Å². The second-order valence-electron chi connectivity index (χ2n) is 7.65. The Balaban J connectivity index is 1.40. The number of anilines is 1. The number of rotatable bonds is 4. The van der Waals surface area contributed by atoms with Gasteiger partial charge in [-0.3, -0.25) is 0 Å². The lowest BCUT2D eigenvalue weighted by molar-refractivity contribution is -0.00112. The molecule has 2 aromatic carbocycles. The summed E-state index contributed by atoms with van der Waals surface area (Å²) in [4.78, 5) is 6.58. The molecule has 5 rings (SSSR count). The third-order valence-electron chi connectivity index (χ3n) is 5.29. The van der Waals surface area contributed by atoms with Gasteiger partial charge >= 0.3 is 0 Å². The largest absolute Gasteiger partial charge is 0.378 e. The first-order valence-corrected chi connectivity index (χ1v) is 9.81. The topological polar surface area (TPSA) is 82.1 Å². The van der Waals surface area contributed by atoms with Gasteiger partial charge in [0.2, 0.25) is 5.82 Å². The van der Waals surface area contributed by atoms with Gasteiger partial charge in [0.25, 0.3) is 5.89 Å². The van der Waals surface area contributed by atoms with E-state index in [4.69, 9.17) is 9.26 Å². The molecule has 0 N–H and O–H groups in total. The van der Waals surface area contributed by atoms with E-state index in [2.05, 4.69) is 51.6 Å². The standard InChI is InChI=1S/C22H22N6O2/c1-14-7-9-15(10-8-14)19-12-28-18(13-29-19)20(24-26-28)21-23-22(30-25-21)16-5-4-6-17(11-16)27(2)3/h4-11,19H,12-13H2,1-3H3/t19-/m0/s1. The molecule has 8 nitrogen and oxygen atoms in total. The van der Waals surface area contributed by atoms with Gasteiger partial charge in [-0.1, -0.05) is 46.3 Å². The van der Waals surface area contributed by atoms with Crippen LogP contribution in [0.2, 0.25) is 0 Å². The van der Waals surface area contributed by atoms with E-state index in [9.17, 15) is 0 Å². The Morgan fingerprint density at radius 3 is 2.73 bits per heavy atom. The number of aryl methyl sites for hydroxylation is 1. The number of nitrogens with zero attached hydrogens (tertiary/aromatic N) is 6. The van der Waals surface area contributed by atoms with Gasteiger partial charge in [0.05, 0.1) is 18.8 Å². The predicted octanol–water partition coefficient (Wildman–Crippen LogP) is 3.64.